The Balaban J connectivity index is 1.72. The van der Waals surface area contributed by atoms with Crippen molar-refractivity contribution in [3.63, 3.8) is 0 Å². The predicted octanol–water partition coefficient (Wildman–Crippen LogP) is 1.38. The number of carbonyl (C=O) groups is 3. The molecule has 2 atom stereocenters. The number of para-hydroxylation sites is 2. The minimum absolute atomic E-state index is 0.0368. The van der Waals surface area contributed by atoms with Crippen LogP contribution in [0.1, 0.15) is 25.7 Å². The molecule has 2 aliphatic heterocycles. The van der Waals surface area contributed by atoms with Crippen LogP contribution in [0.5, 0.6) is 0 Å². The number of carbonyl (C=O) groups excluding carboxylic acids is 2. The molecule has 122 valence electrons. The first-order valence-electron chi connectivity index (χ1n) is 7.65. The maximum atomic E-state index is 12.3. The van der Waals surface area contributed by atoms with E-state index in [2.05, 4.69) is 5.32 Å². The molecular formula is C16H18N2O5. The molecule has 0 saturated carbocycles. The molecule has 2 saturated heterocycles. The van der Waals surface area contributed by atoms with Crippen molar-refractivity contribution in [2.24, 2.45) is 0 Å². The van der Waals surface area contributed by atoms with E-state index in [1.54, 1.807) is 23.1 Å². The first-order chi connectivity index (χ1) is 11.1. The van der Waals surface area contributed by atoms with E-state index < -0.39 is 18.2 Å². The fourth-order valence-corrected chi connectivity index (χ4v) is 2.94. The largest absolute Gasteiger partial charge is 0.479 e. The average Bonchev–Trinajstić information content (AvgIpc) is 3.17. The van der Waals surface area contributed by atoms with E-state index in [0.717, 1.165) is 6.42 Å². The molecule has 3 rings (SSSR count). The zero-order valence-electron chi connectivity index (χ0n) is 12.5. The Hall–Kier alpha value is -2.41. The number of carboxylic acids is 1. The lowest BCUT2D eigenvalue weighted by molar-refractivity contribution is -0.150. The summed E-state index contributed by atoms with van der Waals surface area (Å²) in [5.41, 5.74) is 1.20. The Labute approximate surface area is 133 Å². The number of hydrogen-bond acceptors (Lipinski definition) is 4. The van der Waals surface area contributed by atoms with Gasteiger partial charge in [-0.25, -0.2) is 4.79 Å². The molecule has 0 spiro atoms. The SMILES string of the molecule is O=C(Nc1ccccc1N1CCCC1=O)[C@@H]1CC[C@H](C(=O)O)O1. The topological polar surface area (TPSA) is 95.9 Å². The summed E-state index contributed by atoms with van der Waals surface area (Å²) < 4.78 is 5.25. The molecule has 2 aliphatic rings. The molecule has 0 aliphatic carbocycles. The van der Waals surface area contributed by atoms with Gasteiger partial charge >= 0.3 is 5.97 Å². The van der Waals surface area contributed by atoms with Gasteiger partial charge in [0.15, 0.2) is 6.10 Å². The minimum atomic E-state index is -1.05. The van der Waals surface area contributed by atoms with Crippen LogP contribution in [-0.2, 0) is 19.1 Å². The summed E-state index contributed by atoms with van der Waals surface area (Å²) in [6.07, 6.45) is 0.286. The summed E-state index contributed by atoms with van der Waals surface area (Å²) in [6.45, 7) is 0.632. The van der Waals surface area contributed by atoms with E-state index in [-0.39, 0.29) is 11.8 Å². The van der Waals surface area contributed by atoms with Crippen molar-refractivity contribution in [1.29, 1.82) is 0 Å². The first-order valence-corrected chi connectivity index (χ1v) is 7.65. The number of nitrogens with one attached hydrogen (secondary N) is 1. The highest BCUT2D eigenvalue weighted by molar-refractivity contribution is 6.03. The van der Waals surface area contributed by atoms with Crippen molar-refractivity contribution in [2.75, 3.05) is 16.8 Å². The van der Waals surface area contributed by atoms with Crippen LogP contribution in [0.25, 0.3) is 0 Å². The van der Waals surface area contributed by atoms with Gasteiger partial charge < -0.3 is 20.1 Å². The number of anilines is 2. The van der Waals surface area contributed by atoms with Crippen LogP contribution in [0.2, 0.25) is 0 Å². The van der Waals surface area contributed by atoms with Gasteiger partial charge in [-0.1, -0.05) is 12.1 Å². The fraction of sp³-hybridized carbons (Fsp3) is 0.438. The number of aliphatic carboxylic acids is 1. The van der Waals surface area contributed by atoms with Gasteiger partial charge in [0, 0.05) is 13.0 Å². The molecule has 0 bridgehead atoms. The molecule has 23 heavy (non-hydrogen) atoms. The van der Waals surface area contributed by atoms with E-state index in [0.29, 0.717) is 37.2 Å². The molecule has 0 unspecified atom stereocenters. The number of nitrogens with zero attached hydrogens (tertiary/aromatic N) is 1. The third-order valence-corrected chi connectivity index (χ3v) is 4.11. The second-order valence-corrected chi connectivity index (χ2v) is 5.68. The van der Waals surface area contributed by atoms with E-state index >= 15 is 0 Å². The second-order valence-electron chi connectivity index (χ2n) is 5.68. The Bertz CT molecular complexity index is 645. The van der Waals surface area contributed by atoms with Crippen molar-refractivity contribution in [3.8, 4) is 0 Å². The number of carboxylic acid groups (broad SMARTS) is 1. The first kappa shape index (κ1) is 15.5. The molecule has 7 nitrogen and oxygen atoms in total. The lowest BCUT2D eigenvalue weighted by Crippen LogP contribution is -2.31. The molecule has 2 N–H and O–H groups in total. The van der Waals surface area contributed by atoms with E-state index in [4.69, 9.17) is 9.84 Å². The van der Waals surface area contributed by atoms with Crippen LogP contribution in [0.4, 0.5) is 11.4 Å². The normalized spacial score (nSPS) is 24.0. The molecule has 2 amide bonds. The maximum absolute atomic E-state index is 12.3. The third-order valence-electron chi connectivity index (χ3n) is 4.11. The second kappa shape index (κ2) is 6.37. The minimum Gasteiger partial charge on any atom is -0.479 e. The highest BCUT2D eigenvalue weighted by Crippen LogP contribution is 2.30. The Morgan fingerprint density at radius 3 is 2.61 bits per heavy atom. The zero-order valence-corrected chi connectivity index (χ0v) is 12.5. The lowest BCUT2D eigenvalue weighted by Gasteiger charge is -2.21. The summed E-state index contributed by atoms with van der Waals surface area (Å²) >= 11 is 0. The van der Waals surface area contributed by atoms with Crippen LogP contribution in [-0.4, -0.2) is 41.6 Å². The van der Waals surface area contributed by atoms with Crippen molar-refractivity contribution in [1.82, 2.24) is 0 Å². The van der Waals surface area contributed by atoms with E-state index in [1.165, 1.54) is 0 Å². The van der Waals surface area contributed by atoms with Crippen molar-refractivity contribution in [2.45, 2.75) is 37.9 Å². The number of benzene rings is 1. The number of ether oxygens (including phenoxy) is 1. The number of hydrogen-bond donors (Lipinski definition) is 2. The molecule has 0 aromatic heterocycles. The summed E-state index contributed by atoms with van der Waals surface area (Å²) in [7, 11) is 0. The van der Waals surface area contributed by atoms with Gasteiger partial charge in [-0.2, -0.15) is 0 Å². The van der Waals surface area contributed by atoms with Crippen molar-refractivity contribution >= 4 is 29.2 Å². The number of amides is 2. The van der Waals surface area contributed by atoms with Gasteiger partial charge in [0.1, 0.15) is 6.10 Å². The van der Waals surface area contributed by atoms with Crippen LogP contribution in [0.15, 0.2) is 24.3 Å². The molecule has 0 radical (unpaired) electrons. The fourth-order valence-electron chi connectivity index (χ4n) is 2.94. The highest BCUT2D eigenvalue weighted by Gasteiger charge is 2.35. The van der Waals surface area contributed by atoms with Crippen molar-refractivity contribution in [3.05, 3.63) is 24.3 Å². The standard InChI is InChI=1S/C16H18N2O5/c19-14-6-3-9-18(14)11-5-2-1-4-10(11)17-15(20)12-7-8-13(23-12)16(21)22/h1-2,4-5,12-13H,3,6-9H2,(H,17,20)(H,21,22)/t12-,13+/m0/s1. The summed E-state index contributed by atoms with van der Waals surface area (Å²) in [4.78, 5) is 36.8. The van der Waals surface area contributed by atoms with Gasteiger partial charge in [0.05, 0.1) is 11.4 Å². The van der Waals surface area contributed by atoms with Gasteiger partial charge in [-0.05, 0) is 31.4 Å². The average molecular weight is 318 g/mol. The maximum Gasteiger partial charge on any atom is 0.332 e. The molecule has 2 fully saturated rings. The molecule has 2 heterocycles. The molecule has 1 aromatic carbocycles. The van der Waals surface area contributed by atoms with Gasteiger partial charge in [0.2, 0.25) is 5.91 Å². The lowest BCUT2D eigenvalue weighted by atomic mass is 10.2. The Morgan fingerprint density at radius 2 is 1.96 bits per heavy atom. The number of rotatable bonds is 4. The molecular weight excluding hydrogens is 300 g/mol. The molecule has 1 aromatic rings. The van der Waals surface area contributed by atoms with Crippen LogP contribution in [0, 0.1) is 0 Å². The summed E-state index contributed by atoms with van der Waals surface area (Å²) in [5, 5.41) is 11.7. The zero-order chi connectivity index (χ0) is 16.4. The van der Waals surface area contributed by atoms with Crippen molar-refractivity contribution < 1.29 is 24.2 Å². The summed E-state index contributed by atoms with van der Waals surface area (Å²) in [5.74, 6) is -1.40. The quantitative estimate of drug-likeness (QED) is 0.874. The van der Waals surface area contributed by atoms with Gasteiger partial charge in [0.25, 0.3) is 5.91 Å². The Morgan fingerprint density at radius 1 is 1.22 bits per heavy atom. The smallest absolute Gasteiger partial charge is 0.332 e. The predicted molar refractivity (Wildman–Crippen MR) is 82.2 cm³/mol. The Kier molecular flexibility index (Phi) is 4.29. The van der Waals surface area contributed by atoms with Crippen LogP contribution in [0.3, 0.4) is 0 Å². The third kappa shape index (κ3) is 3.19. The van der Waals surface area contributed by atoms with Crippen LogP contribution >= 0.6 is 0 Å². The highest BCUT2D eigenvalue weighted by atomic mass is 16.5. The van der Waals surface area contributed by atoms with E-state index in [9.17, 15) is 14.4 Å². The summed E-state index contributed by atoms with van der Waals surface area (Å²) in [6, 6.07) is 7.09. The molecule has 7 heteroatoms. The van der Waals surface area contributed by atoms with Crippen LogP contribution < -0.4 is 10.2 Å². The van der Waals surface area contributed by atoms with Gasteiger partial charge in [-0.15, -0.1) is 0 Å². The monoisotopic (exact) mass is 318 g/mol. The van der Waals surface area contributed by atoms with E-state index in [1.807, 2.05) is 6.07 Å². The van der Waals surface area contributed by atoms with Gasteiger partial charge in [-0.3, -0.25) is 9.59 Å².